The molecule has 1 amide bonds. The third kappa shape index (κ3) is 3.33. The monoisotopic (exact) mass is 301 g/mol. The topological polar surface area (TPSA) is 88.2 Å². The number of benzene rings is 1. The Balaban J connectivity index is 1.58. The Bertz CT molecular complexity index is 602. The molecule has 1 saturated carbocycles. The number of aromatic nitrogens is 2. The first-order chi connectivity index (χ1) is 10.8. The molecule has 1 fully saturated rings. The van der Waals surface area contributed by atoms with Crippen molar-refractivity contribution in [2.24, 2.45) is 5.92 Å². The fraction of sp³-hybridized carbons (Fsp3) is 0.438. The highest BCUT2D eigenvalue weighted by atomic mass is 16.5. The van der Waals surface area contributed by atoms with E-state index in [1.165, 1.54) is 6.39 Å². The molecule has 1 aromatic carbocycles. The molecule has 6 heteroatoms. The lowest BCUT2D eigenvalue weighted by Crippen LogP contribution is -2.38. The van der Waals surface area contributed by atoms with Gasteiger partial charge in [-0.1, -0.05) is 17.3 Å². The van der Waals surface area contributed by atoms with Crippen LogP contribution >= 0.6 is 0 Å². The van der Waals surface area contributed by atoms with Crippen LogP contribution in [0, 0.1) is 5.92 Å². The van der Waals surface area contributed by atoms with Gasteiger partial charge in [-0.3, -0.25) is 4.79 Å². The van der Waals surface area contributed by atoms with Gasteiger partial charge in [0.15, 0.2) is 0 Å². The van der Waals surface area contributed by atoms with Crippen molar-refractivity contribution in [1.29, 1.82) is 0 Å². The Labute approximate surface area is 128 Å². The number of nitrogens with one attached hydrogen (secondary N) is 1. The van der Waals surface area contributed by atoms with E-state index in [9.17, 15) is 4.79 Å². The molecule has 0 atom stereocenters. The molecule has 0 spiro atoms. The van der Waals surface area contributed by atoms with Crippen molar-refractivity contribution in [3.63, 3.8) is 0 Å². The standard InChI is InChI=1S/C16H19N3O3/c20-9-11-1-7-14(8-2-11)18-16(21)13-5-3-12(4-6-13)15-17-10-22-19-15/h3-6,10-11,14,20H,1-2,7-9H2,(H,18,21). The van der Waals surface area contributed by atoms with Gasteiger partial charge in [-0.15, -0.1) is 0 Å². The Kier molecular flexibility index (Phi) is 4.48. The zero-order chi connectivity index (χ0) is 15.4. The lowest BCUT2D eigenvalue weighted by molar-refractivity contribution is 0.0914. The first-order valence-electron chi connectivity index (χ1n) is 7.55. The minimum Gasteiger partial charge on any atom is -0.396 e. The molecule has 0 bridgehead atoms. The minimum absolute atomic E-state index is 0.0629. The van der Waals surface area contributed by atoms with Crippen LogP contribution < -0.4 is 5.32 Å². The van der Waals surface area contributed by atoms with Gasteiger partial charge in [0.2, 0.25) is 12.2 Å². The molecule has 0 unspecified atom stereocenters. The summed E-state index contributed by atoms with van der Waals surface area (Å²) in [5.74, 6) is 0.837. The van der Waals surface area contributed by atoms with Gasteiger partial charge < -0.3 is 14.9 Å². The maximum atomic E-state index is 12.3. The summed E-state index contributed by atoms with van der Waals surface area (Å²) in [6.07, 6.45) is 5.07. The predicted octanol–water partition coefficient (Wildman–Crippen LogP) is 2.02. The summed E-state index contributed by atoms with van der Waals surface area (Å²) >= 11 is 0. The lowest BCUT2D eigenvalue weighted by atomic mass is 9.86. The lowest BCUT2D eigenvalue weighted by Gasteiger charge is -2.27. The largest absolute Gasteiger partial charge is 0.396 e. The quantitative estimate of drug-likeness (QED) is 0.902. The van der Waals surface area contributed by atoms with Crippen LogP contribution in [-0.2, 0) is 0 Å². The third-order valence-corrected chi connectivity index (χ3v) is 4.21. The summed E-state index contributed by atoms with van der Waals surface area (Å²) in [5.41, 5.74) is 1.44. The molecule has 1 aliphatic carbocycles. The SMILES string of the molecule is O=C(NC1CCC(CO)CC1)c1ccc(-c2ncon2)cc1. The summed E-state index contributed by atoms with van der Waals surface area (Å²) in [7, 11) is 0. The number of hydrogen-bond donors (Lipinski definition) is 2. The third-order valence-electron chi connectivity index (χ3n) is 4.21. The first kappa shape index (κ1) is 14.7. The van der Waals surface area contributed by atoms with E-state index >= 15 is 0 Å². The second kappa shape index (κ2) is 6.70. The van der Waals surface area contributed by atoms with Crippen LogP contribution in [0.15, 0.2) is 35.2 Å². The highest BCUT2D eigenvalue weighted by molar-refractivity contribution is 5.94. The highest BCUT2D eigenvalue weighted by Crippen LogP contribution is 2.24. The zero-order valence-corrected chi connectivity index (χ0v) is 12.2. The molecule has 22 heavy (non-hydrogen) atoms. The Morgan fingerprint density at radius 3 is 2.55 bits per heavy atom. The first-order valence-corrected chi connectivity index (χ1v) is 7.55. The molecule has 1 aromatic heterocycles. The molecule has 0 aliphatic heterocycles. The predicted molar refractivity (Wildman–Crippen MR) is 80.0 cm³/mol. The molecule has 3 rings (SSSR count). The van der Waals surface area contributed by atoms with Crippen molar-refractivity contribution in [3.8, 4) is 11.4 Å². The van der Waals surface area contributed by atoms with E-state index in [0.29, 0.717) is 17.3 Å². The maximum absolute atomic E-state index is 12.3. The van der Waals surface area contributed by atoms with Crippen LogP contribution in [0.25, 0.3) is 11.4 Å². The molecule has 0 saturated heterocycles. The number of aliphatic hydroxyl groups excluding tert-OH is 1. The summed E-state index contributed by atoms with van der Waals surface area (Å²) in [4.78, 5) is 16.2. The number of amides is 1. The van der Waals surface area contributed by atoms with E-state index in [0.717, 1.165) is 31.2 Å². The molecule has 2 aromatic rings. The highest BCUT2D eigenvalue weighted by Gasteiger charge is 2.22. The number of carbonyl (C=O) groups is 1. The van der Waals surface area contributed by atoms with Crippen molar-refractivity contribution in [2.75, 3.05) is 6.61 Å². The number of carbonyl (C=O) groups excluding carboxylic acids is 1. The van der Waals surface area contributed by atoms with Crippen LogP contribution in [0.4, 0.5) is 0 Å². The van der Waals surface area contributed by atoms with Gasteiger partial charge in [0.1, 0.15) is 0 Å². The summed E-state index contributed by atoms with van der Waals surface area (Å²) in [6.45, 7) is 0.248. The van der Waals surface area contributed by atoms with E-state index in [2.05, 4.69) is 15.5 Å². The Morgan fingerprint density at radius 1 is 1.23 bits per heavy atom. The summed E-state index contributed by atoms with van der Waals surface area (Å²) in [5, 5.41) is 16.0. The van der Waals surface area contributed by atoms with E-state index in [1.54, 1.807) is 12.1 Å². The number of nitrogens with zero attached hydrogens (tertiary/aromatic N) is 2. The number of rotatable bonds is 4. The number of hydrogen-bond acceptors (Lipinski definition) is 5. The smallest absolute Gasteiger partial charge is 0.251 e. The average molecular weight is 301 g/mol. The summed E-state index contributed by atoms with van der Waals surface area (Å²) in [6, 6.07) is 7.35. The van der Waals surface area contributed by atoms with Crippen LogP contribution in [0.3, 0.4) is 0 Å². The van der Waals surface area contributed by atoms with Crippen molar-refractivity contribution < 1.29 is 14.4 Å². The van der Waals surface area contributed by atoms with Gasteiger partial charge in [0.05, 0.1) is 0 Å². The van der Waals surface area contributed by atoms with Gasteiger partial charge in [-0.25, -0.2) is 0 Å². The van der Waals surface area contributed by atoms with Crippen LogP contribution in [0.1, 0.15) is 36.0 Å². The molecule has 116 valence electrons. The molecule has 1 heterocycles. The zero-order valence-electron chi connectivity index (χ0n) is 12.2. The maximum Gasteiger partial charge on any atom is 0.251 e. The van der Waals surface area contributed by atoms with Crippen molar-refractivity contribution >= 4 is 5.91 Å². The van der Waals surface area contributed by atoms with Crippen molar-refractivity contribution in [1.82, 2.24) is 15.5 Å². The van der Waals surface area contributed by atoms with Gasteiger partial charge in [0.25, 0.3) is 5.91 Å². The molecule has 1 aliphatic rings. The molecular formula is C16H19N3O3. The van der Waals surface area contributed by atoms with Crippen molar-refractivity contribution in [3.05, 3.63) is 36.2 Å². The van der Waals surface area contributed by atoms with Crippen molar-refractivity contribution in [2.45, 2.75) is 31.7 Å². The molecule has 6 nitrogen and oxygen atoms in total. The fourth-order valence-electron chi connectivity index (χ4n) is 2.83. The van der Waals surface area contributed by atoms with Crippen LogP contribution in [0.5, 0.6) is 0 Å². The van der Waals surface area contributed by atoms with E-state index in [4.69, 9.17) is 9.63 Å². The van der Waals surface area contributed by atoms with E-state index < -0.39 is 0 Å². The van der Waals surface area contributed by atoms with Crippen LogP contribution in [-0.4, -0.2) is 33.8 Å². The Morgan fingerprint density at radius 2 is 1.95 bits per heavy atom. The van der Waals surface area contributed by atoms with Gasteiger partial charge in [-0.2, -0.15) is 4.98 Å². The van der Waals surface area contributed by atoms with Gasteiger partial charge in [0, 0.05) is 23.8 Å². The van der Waals surface area contributed by atoms with E-state index in [1.807, 2.05) is 12.1 Å². The fourth-order valence-corrected chi connectivity index (χ4v) is 2.83. The number of aliphatic hydroxyl groups is 1. The van der Waals surface area contributed by atoms with Gasteiger partial charge >= 0.3 is 0 Å². The van der Waals surface area contributed by atoms with Crippen LogP contribution in [0.2, 0.25) is 0 Å². The van der Waals surface area contributed by atoms with E-state index in [-0.39, 0.29) is 18.6 Å². The molecular weight excluding hydrogens is 282 g/mol. The van der Waals surface area contributed by atoms with Gasteiger partial charge in [-0.05, 0) is 43.7 Å². The second-order valence-electron chi connectivity index (χ2n) is 5.71. The summed E-state index contributed by atoms with van der Waals surface area (Å²) < 4.78 is 4.71. The normalized spacial score (nSPS) is 21.5. The second-order valence-corrected chi connectivity index (χ2v) is 5.71. The minimum atomic E-state index is -0.0629. The molecule has 0 radical (unpaired) electrons. The average Bonchev–Trinajstić information content (AvgIpc) is 3.10. The molecule has 2 N–H and O–H groups in total. The Hall–Kier alpha value is -2.21.